The van der Waals surface area contributed by atoms with Crippen LogP contribution in [0.3, 0.4) is 0 Å². The number of carboxylic acid groups (broad SMARTS) is 1. The van der Waals surface area contributed by atoms with Crippen molar-refractivity contribution in [3.8, 4) is 0 Å². The molecule has 1 unspecified atom stereocenters. The second-order valence-corrected chi connectivity index (χ2v) is 9.80. The Kier molecular flexibility index (Phi) is 5.88. The fourth-order valence-electron chi connectivity index (χ4n) is 4.44. The molecule has 1 fully saturated rings. The lowest BCUT2D eigenvalue weighted by molar-refractivity contribution is -0.137. The minimum Gasteiger partial charge on any atom is -0.481 e. The Labute approximate surface area is 177 Å². The van der Waals surface area contributed by atoms with Gasteiger partial charge in [-0.1, -0.05) is 60.7 Å². The molecule has 0 aliphatic carbocycles. The highest BCUT2D eigenvalue weighted by Crippen LogP contribution is 2.36. The van der Waals surface area contributed by atoms with Crippen LogP contribution in [0, 0.1) is 5.92 Å². The van der Waals surface area contributed by atoms with Gasteiger partial charge in [0.25, 0.3) is 0 Å². The Morgan fingerprint density at radius 1 is 0.933 bits per heavy atom. The zero-order chi connectivity index (χ0) is 21.1. The van der Waals surface area contributed by atoms with E-state index in [9.17, 15) is 18.3 Å². The van der Waals surface area contributed by atoms with Crippen LogP contribution < -0.4 is 0 Å². The number of sulfonamides is 1. The maximum Gasteiger partial charge on any atom is 0.303 e. The van der Waals surface area contributed by atoms with E-state index in [1.165, 1.54) is 4.31 Å². The Hall–Kier alpha value is -2.70. The normalized spacial score (nSPS) is 17.1. The van der Waals surface area contributed by atoms with Gasteiger partial charge in [0.05, 0.1) is 11.3 Å². The summed E-state index contributed by atoms with van der Waals surface area (Å²) in [6.45, 7) is 0.811. The number of hydrogen-bond donors (Lipinski definition) is 1. The third kappa shape index (κ3) is 4.25. The van der Waals surface area contributed by atoms with Gasteiger partial charge in [-0.05, 0) is 53.1 Å². The third-order valence-electron chi connectivity index (χ3n) is 6.05. The minimum absolute atomic E-state index is 0.0616. The van der Waals surface area contributed by atoms with Crippen LogP contribution in [-0.4, -0.2) is 36.9 Å². The Morgan fingerprint density at radius 2 is 1.57 bits per heavy atom. The number of benzene rings is 3. The first-order valence-corrected chi connectivity index (χ1v) is 11.6. The van der Waals surface area contributed by atoms with Crippen molar-refractivity contribution >= 4 is 26.8 Å². The lowest BCUT2D eigenvalue weighted by atomic mass is 9.78. The molecule has 0 aromatic heterocycles. The first kappa shape index (κ1) is 20.6. The smallest absolute Gasteiger partial charge is 0.303 e. The van der Waals surface area contributed by atoms with Crippen LogP contribution in [0.1, 0.15) is 30.7 Å². The first-order chi connectivity index (χ1) is 14.4. The summed E-state index contributed by atoms with van der Waals surface area (Å²) in [4.78, 5) is 11.7. The van der Waals surface area contributed by atoms with Gasteiger partial charge >= 0.3 is 5.97 Å². The second kappa shape index (κ2) is 8.58. The van der Waals surface area contributed by atoms with Crippen LogP contribution in [0.25, 0.3) is 10.8 Å². The number of carbonyl (C=O) groups is 1. The molecule has 156 valence electrons. The molecule has 1 aliphatic heterocycles. The summed E-state index contributed by atoms with van der Waals surface area (Å²) in [6.07, 6.45) is 1.37. The molecule has 6 heteroatoms. The number of rotatable bonds is 6. The second-order valence-electron chi connectivity index (χ2n) is 7.87. The summed E-state index contributed by atoms with van der Waals surface area (Å²) < 4.78 is 27.9. The third-order valence-corrected chi connectivity index (χ3v) is 7.94. The molecule has 1 N–H and O–H groups in total. The molecule has 4 rings (SSSR count). The summed E-state index contributed by atoms with van der Waals surface area (Å²) >= 11 is 0. The highest BCUT2D eigenvalue weighted by molar-refractivity contribution is 7.89. The van der Waals surface area contributed by atoms with Gasteiger partial charge in [-0.15, -0.1) is 0 Å². The highest BCUT2D eigenvalue weighted by atomic mass is 32.2. The topological polar surface area (TPSA) is 74.7 Å². The minimum atomic E-state index is -3.57. The van der Waals surface area contributed by atoms with Crippen LogP contribution in [-0.2, 0) is 14.8 Å². The van der Waals surface area contributed by atoms with Crippen LogP contribution >= 0.6 is 0 Å². The van der Waals surface area contributed by atoms with Crippen molar-refractivity contribution < 1.29 is 18.3 Å². The molecule has 0 amide bonds. The molecule has 0 bridgehead atoms. The predicted octanol–water partition coefficient (Wildman–Crippen LogP) is 4.50. The van der Waals surface area contributed by atoms with Crippen LogP contribution in [0.2, 0.25) is 0 Å². The Morgan fingerprint density at radius 3 is 2.23 bits per heavy atom. The molecule has 0 spiro atoms. The zero-order valence-corrected chi connectivity index (χ0v) is 17.5. The SMILES string of the molecule is O=C(O)CC(c1ccccc1)C1CCN(S(=O)(=O)c2ccc3ccccc3c2)CC1. The number of aliphatic carboxylic acids is 1. The first-order valence-electron chi connectivity index (χ1n) is 10.2. The molecule has 3 aromatic carbocycles. The van der Waals surface area contributed by atoms with Crippen molar-refractivity contribution in [3.05, 3.63) is 78.4 Å². The van der Waals surface area contributed by atoms with E-state index in [2.05, 4.69) is 0 Å². The largest absolute Gasteiger partial charge is 0.481 e. The van der Waals surface area contributed by atoms with Gasteiger partial charge in [0.15, 0.2) is 0 Å². The van der Waals surface area contributed by atoms with E-state index in [1.807, 2.05) is 60.7 Å². The fourth-order valence-corrected chi connectivity index (χ4v) is 5.95. The predicted molar refractivity (Wildman–Crippen MR) is 117 cm³/mol. The summed E-state index contributed by atoms with van der Waals surface area (Å²) in [5.74, 6) is -0.782. The van der Waals surface area contributed by atoms with E-state index >= 15 is 0 Å². The summed E-state index contributed by atoms with van der Waals surface area (Å²) in [6, 6.07) is 22.6. The maximum atomic E-state index is 13.2. The van der Waals surface area contributed by atoms with Crippen LogP contribution in [0.15, 0.2) is 77.7 Å². The molecule has 30 heavy (non-hydrogen) atoms. The van der Waals surface area contributed by atoms with Crippen molar-refractivity contribution in [1.29, 1.82) is 0 Å². The van der Waals surface area contributed by atoms with Gasteiger partial charge in [0.1, 0.15) is 0 Å². The lowest BCUT2D eigenvalue weighted by Crippen LogP contribution is -2.40. The van der Waals surface area contributed by atoms with Crippen molar-refractivity contribution in [2.75, 3.05) is 13.1 Å². The Balaban J connectivity index is 1.51. The number of nitrogens with zero attached hydrogens (tertiary/aromatic N) is 1. The monoisotopic (exact) mass is 423 g/mol. The molecule has 1 saturated heterocycles. The summed E-state index contributed by atoms with van der Waals surface area (Å²) in [5.41, 5.74) is 1.01. The molecule has 3 aromatic rings. The molecule has 1 heterocycles. The molecular formula is C24H25NO4S. The van der Waals surface area contributed by atoms with Gasteiger partial charge in [0.2, 0.25) is 10.0 Å². The number of hydrogen-bond acceptors (Lipinski definition) is 3. The van der Waals surface area contributed by atoms with Crippen LogP contribution in [0.4, 0.5) is 0 Å². The highest BCUT2D eigenvalue weighted by Gasteiger charge is 2.34. The number of piperidine rings is 1. The zero-order valence-electron chi connectivity index (χ0n) is 16.6. The lowest BCUT2D eigenvalue weighted by Gasteiger charge is -2.35. The quantitative estimate of drug-likeness (QED) is 0.633. The van der Waals surface area contributed by atoms with E-state index < -0.39 is 16.0 Å². The van der Waals surface area contributed by atoms with E-state index in [0.29, 0.717) is 30.8 Å². The maximum absolute atomic E-state index is 13.2. The van der Waals surface area contributed by atoms with E-state index in [0.717, 1.165) is 16.3 Å². The average molecular weight is 424 g/mol. The van der Waals surface area contributed by atoms with Gasteiger partial charge in [-0.2, -0.15) is 4.31 Å². The van der Waals surface area contributed by atoms with Crippen LogP contribution in [0.5, 0.6) is 0 Å². The Bertz CT molecular complexity index is 1140. The standard InChI is InChI=1S/C24H25NO4S/c26-24(27)17-23(19-7-2-1-3-8-19)20-12-14-25(15-13-20)30(28,29)22-11-10-18-6-4-5-9-21(18)16-22/h1-11,16,20,23H,12-15,17H2,(H,26,27). The molecule has 0 saturated carbocycles. The van der Waals surface area contributed by atoms with Gasteiger partial charge in [-0.25, -0.2) is 8.42 Å². The summed E-state index contributed by atoms with van der Waals surface area (Å²) in [7, 11) is -3.57. The fraction of sp³-hybridized carbons (Fsp3) is 0.292. The van der Waals surface area contributed by atoms with Crippen molar-refractivity contribution in [2.45, 2.75) is 30.1 Å². The molecule has 0 radical (unpaired) electrons. The van der Waals surface area contributed by atoms with Gasteiger partial charge < -0.3 is 5.11 Å². The summed E-state index contributed by atoms with van der Waals surface area (Å²) in [5, 5.41) is 11.3. The van der Waals surface area contributed by atoms with E-state index in [1.54, 1.807) is 12.1 Å². The van der Waals surface area contributed by atoms with Crippen molar-refractivity contribution in [2.24, 2.45) is 5.92 Å². The van der Waals surface area contributed by atoms with E-state index in [4.69, 9.17) is 0 Å². The van der Waals surface area contributed by atoms with E-state index in [-0.39, 0.29) is 18.3 Å². The van der Waals surface area contributed by atoms with Gasteiger partial charge in [-0.3, -0.25) is 4.79 Å². The molecule has 1 aliphatic rings. The van der Waals surface area contributed by atoms with Gasteiger partial charge in [0, 0.05) is 13.1 Å². The average Bonchev–Trinajstić information content (AvgIpc) is 2.77. The van der Waals surface area contributed by atoms with Crippen molar-refractivity contribution in [3.63, 3.8) is 0 Å². The number of fused-ring (bicyclic) bond motifs is 1. The molecule has 5 nitrogen and oxygen atoms in total. The molecular weight excluding hydrogens is 398 g/mol. The number of carboxylic acids is 1. The molecule has 1 atom stereocenters. The van der Waals surface area contributed by atoms with Crippen molar-refractivity contribution in [1.82, 2.24) is 4.31 Å².